The highest BCUT2D eigenvalue weighted by molar-refractivity contribution is 5.94. The fourth-order valence-electron chi connectivity index (χ4n) is 7.73. The highest BCUT2D eigenvalue weighted by Gasteiger charge is 2.20. The molecule has 0 bridgehead atoms. The van der Waals surface area contributed by atoms with E-state index in [1.165, 1.54) is 66.8 Å². The van der Waals surface area contributed by atoms with E-state index in [1.807, 2.05) is 0 Å². The lowest BCUT2D eigenvalue weighted by atomic mass is 9.87. The Hall–Kier alpha value is -5.28. The van der Waals surface area contributed by atoms with Crippen molar-refractivity contribution in [3.05, 3.63) is 153 Å². The Morgan fingerprint density at radius 2 is 0.771 bits per heavy atom. The van der Waals surface area contributed by atoms with Gasteiger partial charge >= 0.3 is 0 Å². The number of hydrogen-bond donors (Lipinski definition) is 1. The summed E-state index contributed by atoms with van der Waals surface area (Å²) in [5.41, 5.74) is 25.5. The number of hydrogen-bond acceptors (Lipinski definition) is 2. The molecular weight excluding hydrogens is 583 g/mol. The molecule has 0 saturated carbocycles. The molecule has 0 heterocycles. The summed E-state index contributed by atoms with van der Waals surface area (Å²) in [6.07, 6.45) is 0. The van der Waals surface area contributed by atoms with Gasteiger partial charge in [0.2, 0.25) is 0 Å². The molecule has 6 aromatic rings. The first-order valence-corrected chi connectivity index (χ1v) is 16.8. The van der Waals surface area contributed by atoms with Gasteiger partial charge in [-0.1, -0.05) is 125 Å². The summed E-state index contributed by atoms with van der Waals surface area (Å²) in [4.78, 5) is 0. The average Bonchev–Trinajstić information content (AvgIpc) is 3.01. The van der Waals surface area contributed by atoms with Crippen molar-refractivity contribution in [3.8, 4) is 44.5 Å². The van der Waals surface area contributed by atoms with Crippen molar-refractivity contribution in [3.63, 3.8) is 0 Å². The van der Waals surface area contributed by atoms with Gasteiger partial charge in [-0.3, -0.25) is 5.43 Å². The molecule has 0 saturated heterocycles. The maximum absolute atomic E-state index is 5.11. The number of rotatable bonds is 7. The van der Waals surface area contributed by atoms with Gasteiger partial charge < -0.3 is 0 Å². The van der Waals surface area contributed by atoms with Crippen LogP contribution < -0.4 is 5.43 Å². The Labute approximate surface area is 286 Å². The predicted molar refractivity (Wildman–Crippen MR) is 205 cm³/mol. The average molecular weight is 628 g/mol. The standard InChI is InChI=1S/C45H45N3/c1-27-21-30(4)41(31(5)22-27)38-18-13-17-37(36-15-11-10-12-16-36)44(38)46-48-47-45-39(42-32(6)23-28(2)24-33(42)7)19-14-20-40(45)43-34(8)25-29(3)26-35(43)9/h10-26H,1-9H3,(H,46,47). The highest BCUT2D eigenvalue weighted by Crippen LogP contribution is 2.45. The molecule has 0 radical (unpaired) electrons. The molecular formula is C45H45N3. The summed E-state index contributed by atoms with van der Waals surface area (Å²) >= 11 is 0. The SMILES string of the molecule is Cc1cc(C)c(-c2cccc(-c3c(C)cc(C)cc3C)c2N=NNc2c(-c3ccccc3)cccc2-c2c(C)cc(C)cc2C)c(C)c1. The smallest absolute Gasteiger partial charge is 0.103 e. The molecule has 3 heteroatoms. The largest absolute Gasteiger partial charge is 0.259 e. The molecule has 0 atom stereocenters. The van der Waals surface area contributed by atoms with E-state index >= 15 is 0 Å². The number of anilines is 1. The maximum atomic E-state index is 5.11. The van der Waals surface area contributed by atoms with Crippen LogP contribution in [0, 0.1) is 62.3 Å². The third-order valence-electron chi connectivity index (χ3n) is 9.34. The molecule has 6 aromatic carbocycles. The zero-order valence-corrected chi connectivity index (χ0v) is 29.7. The minimum absolute atomic E-state index is 0.858. The first kappa shape index (κ1) is 32.7. The van der Waals surface area contributed by atoms with Crippen LogP contribution in [0.5, 0.6) is 0 Å². The third-order valence-corrected chi connectivity index (χ3v) is 9.34. The minimum Gasteiger partial charge on any atom is -0.259 e. The first-order chi connectivity index (χ1) is 23.0. The molecule has 6 rings (SSSR count). The normalized spacial score (nSPS) is 11.4. The fourth-order valence-corrected chi connectivity index (χ4v) is 7.73. The van der Waals surface area contributed by atoms with Crippen LogP contribution in [-0.2, 0) is 0 Å². The van der Waals surface area contributed by atoms with E-state index in [9.17, 15) is 0 Å². The van der Waals surface area contributed by atoms with E-state index in [0.717, 1.165) is 39.2 Å². The topological polar surface area (TPSA) is 36.8 Å². The van der Waals surface area contributed by atoms with Crippen LogP contribution in [0.2, 0.25) is 0 Å². The van der Waals surface area contributed by atoms with Crippen molar-refractivity contribution in [2.75, 3.05) is 5.43 Å². The Bertz CT molecular complexity index is 2040. The van der Waals surface area contributed by atoms with Gasteiger partial charge in [-0.05, 0) is 118 Å². The van der Waals surface area contributed by atoms with Gasteiger partial charge in [0, 0.05) is 22.3 Å². The van der Waals surface area contributed by atoms with Gasteiger partial charge in [-0.25, -0.2) is 0 Å². The molecule has 240 valence electrons. The van der Waals surface area contributed by atoms with Gasteiger partial charge in [0.25, 0.3) is 0 Å². The van der Waals surface area contributed by atoms with Gasteiger partial charge in [-0.15, -0.1) is 5.11 Å². The molecule has 0 aliphatic rings. The van der Waals surface area contributed by atoms with Gasteiger partial charge in [0.05, 0.1) is 5.69 Å². The lowest BCUT2D eigenvalue weighted by Crippen LogP contribution is -1.98. The summed E-state index contributed by atoms with van der Waals surface area (Å²) < 4.78 is 0. The quantitative estimate of drug-likeness (QED) is 0.139. The summed E-state index contributed by atoms with van der Waals surface area (Å²) in [5.74, 6) is 0. The zero-order chi connectivity index (χ0) is 34.1. The van der Waals surface area contributed by atoms with Crippen LogP contribution in [0.4, 0.5) is 11.4 Å². The summed E-state index contributed by atoms with van der Waals surface area (Å²) in [6.45, 7) is 19.6. The number of nitrogens with zero attached hydrogens (tertiary/aromatic N) is 2. The summed E-state index contributed by atoms with van der Waals surface area (Å²) in [6, 6.07) is 37.0. The maximum Gasteiger partial charge on any atom is 0.103 e. The van der Waals surface area contributed by atoms with E-state index in [-0.39, 0.29) is 0 Å². The van der Waals surface area contributed by atoms with Crippen molar-refractivity contribution >= 4 is 11.4 Å². The van der Waals surface area contributed by atoms with E-state index in [4.69, 9.17) is 10.3 Å². The fraction of sp³-hybridized carbons (Fsp3) is 0.200. The van der Waals surface area contributed by atoms with Gasteiger partial charge in [0.15, 0.2) is 0 Å². The van der Waals surface area contributed by atoms with E-state index in [2.05, 4.69) is 171 Å². The van der Waals surface area contributed by atoms with Crippen molar-refractivity contribution in [2.45, 2.75) is 62.3 Å². The van der Waals surface area contributed by atoms with Gasteiger partial charge in [0.1, 0.15) is 5.69 Å². The molecule has 0 aliphatic heterocycles. The molecule has 0 aliphatic carbocycles. The molecule has 0 amide bonds. The minimum atomic E-state index is 0.858. The second kappa shape index (κ2) is 13.4. The lowest BCUT2D eigenvalue weighted by Gasteiger charge is -2.19. The van der Waals surface area contributed by atoms with Crippen LogP contribution in [0.1, 0.15) is 50.1 Å². The van der Waals surface area contributed by atoms with E-state index in [0.29, 0.717) is 0 Å². The molecule has 0 spiro atoms. The highest BCUT2D eigenvalue weighted by atomic mass is 15.4. The summed E-state index contributed by atoms with van der Waals surface area (Å²) in [7, 11) is 0. The van der Waals surface area contributed by atoms with Crippen LogP contribution in [0.15, 0.2) is 113 Å². The van der Waals surface area contributed by atoms with Crippen molar-refractivity contribution in [2.24, 2.45) is 10.3 Å². The molecule has 0 unspecified atom stereocenters. The predicted octanol–water partition coefficient (Wildman–Crippen LogP) is 13.2. The lowest BCUT2D eigenvalue weighted by molar-refractivity contribution is 1.13. The zero-order valence-electron chi connectivity index (χ0n) is 29.7. The van der Waals surface area contributed by atoms with Crippen molar-refractivity contribution < 1.29 is 0 Å². The number of nitrogens with one attached hydrogen (secondary N) is 1. The number of aryl methyl sites for hydroxylation is 9. The monoisotopic (exact) mass is 627 g/mol. The van der Waals surface area contributed by atoms with Crippen molar-refractivity contribution in [1.82, 2.24) is 0 Å². The van der Waals surface area contributed by atoms with Crippen LogP contribution in [0.3, 0.4) is 0 Å². The van der Waals surface area contributed by atoms with Crippen LogP contribution in [0.25, 0.3) is 44.5 Å². The van der Waals surface area contributed by atoms with E-state index < -0.39 is 0 Å². The summed E-state index contributed by atoms with van der Waals surface area (Å²) in [5, 5.41) is 9.97. The second-order valence-corrected chi connectivity index (χ2v) is 13.4. The Balaban J connectivity index is 1.58. The molecule has 48 heavy (non-hydrogen) atoms. The van der Waals surface area contributed by atoms with Crippen LogP contribution >= 0.6 is 0 Å². The Morgan fingerprint density at radius 3 is 1.21 bits per heavy atom. The first-order valence-electron chi connectivity index (χ1n) is 16.8. The second-order valence-electron chi connectivity index (χ2n) is 13.4. The number of para-hydroxylation sites is 1. The van der Waals surface area contributed by atoms with E-state index in [1.54, 1.807) is 0 Å². The number of benzene rings is 6. The Morgan fingerprint density at radius 1 is 0.396 bits per heavy atom. The molecule has 1 N–H and O–H groups in total. The van der Waals surface area contributed by atoms with Gasteiger partial charge in [-0.2, -0.15) is 0 Å². The van der Waals surface area contributed by atoms with Crippen LogP contribution in [-0.4, -0.2) is 0 Å². The van der Waals surface area contributed by atoms with Crippen molar-refractivity contribution in [1.29, 1.82) is 0 Å². The third kappa shape index (κ3) is 6.33. The Kier molecular flexibility index (Phi) is 9.15. The molecule has 0 aromatic heterocycles. The molecule has 3 nitrogen and oxygen atoms in total. The molecule has 0 fully saturated rings.